The second-order valence-corrected chi connectivity index (χ2v) is 6.28. The lowest BCUT2D eigenvalue weighted by molar-refractivity contribution is -0.385. The zero-order valence-corrected chi connectivity index (χ0v) is 14.0. The van der Waals surface area contributed by atoms with Gasteiger partial charge in [-0.15, -0.1) is 0 Å². The first-order chi connectivity index (χ1) is 11.8. The van der Waals surface area contributed by atoms with Crippen LogP contribution in [0, 0.1) is 10.1 Å². The van der Waals surface area contributed by atoms with Gasteiger partial charge in [-0.25, -0.2) is 4.79 Å². The normalized spacial score (nSPS) is 19.8. The molecule has 1 N–H and O–H groups in total. The zero-order chi connectivity index (χ0) is 18.2. The quantitative estimate of drug-likeness (QED) is 0.515. The number of hydrogen-bond acceptors (Lipinski definition) is 4. The van der Waals surface area contributed by atoms with Gasteiger partial charge in [0.2, 0.25) is 0 Å². The molecule has 3 rings (SSSR count). The van der Waals surface area contributed by atoms with Crippen LogP contribution in [0.5, 0.6) is 0 Å². The van der Waals surface area contributed by atoms with E-state index in [4.69, 9.17) is 11.6 Å². The van der Waals surface area contributed by atoms with Crippen LogP contribution in [-0.2, 0) is 16.9 Å². The number of hydrogen-bond donors (Lipinski definition) is 1. The Balaban J connectivity index is 1.94. The molecule has 0 bridgehead atoms. The Morgan fingerprint density at radius 2 is 1.92 bits per heavy atom. The molecule has 2 aromatic rings. The maximum Gasteiger partial charge on any atom is 0.325 e. The first-order valence-corrected chi connectivity index (χ1v) is 7.83. The fourth-order valence-corrected chi connectivity index (χ4v) is 3.02. The summed E-state index contributed by atoms with van der Waals surface area (Å²) in [5.41, 5.74) is -0.583. The molecule has 2 aromatic carbocycles. The molecule has 128 valence electrons. The molecule has 0 spiro atoms. The SMILES string of the molecule is CC1(c2cccc(Cl)c2)NC(=O)N(Cc2ccccc2[N+](=O)[O-])C1=O. The van der Waals surface area contributed by atoms with Crippen molar-refractivity contribution in [2.75, 3.05) is 0 Å². The van der Waals surface area contributed by atoms with E-state index in [1.54, 1.807) is 37.3 Å². The Bertz CT molecular complexity index is 886. The maximum atomic E-state index is 12.9. The van der Waals surface area contributed by atoms with Crippen molar-refractivity contribution < 1.29 is 14.5 Å². The van der Waals surface area contributed by atoms with Gasteiger partial charge in [-0.3, -0.25) is 19.8 Å². The van der Waals surface area contributed by atoms with Gasteiger partial charge in [0.15, 0.2) is 0 Å². The van der Waals surface area contributed by atoms with Crippen molar-refractivity contribution in [1.82, 2.24) is 10.2 Å². The number of carbonyl (C=O) groups is 2. The van der Waals surface area contributed by atoms with Crippen molar-refractivity contribution in [2.24, 2.45) is 0 Å². The summed E-state index contributed by atoms with van der Waals surface area (Å²) in [6, 6.07) is 12.1. The number of rotatable bonds is 4. The average molecular weight is 360 g/mol. The van der Waals surface area contributed by atoms with E-state index in [-0.39, 0.29) is 17.8 Å². The summed E-state index contributed by atoms with van der Waals surface area (Å²) in [7, 11) is 0. The van der Waals surface area contributed by atoms with E-state index in [1.807, 2.05) is 0 Å². The van der Waals surface area contributed by atoms with Gasteiger partial charge in [-0.1, -0.05) is 41.9 Å². The molecule has 0 radical (unpaired) electrons. The van der Waals surface area contributed by atoms with E-state index in [0.717, 1.165) is 4.90 Å². The lowest BCUT2D eigenvalue weighted by Crippen LogP contribution is -2.40. The van der Waals surface area contributed by atoms with Gasteiger partial charge in [0, 0.05) is 16.7 Å². The molecule has 1 atom stereocenters. The van der Waals surface area contributed by atoms with Gasteiger partial charge >= 0.3 is 6.03 Å². The van der Waals surface area contributed by atoms with Gasteiger partial charge in [0.1, 0.15) is 5.54 Å². The van der Waals surface area contributed by atoms with Crippen molar-refractivity contribution in [2.45, 2.75) is 19.0 Å². The Morgan fingerprint density at radius 3 is 2.60 bits per heavy atom. The van der Waals surface area contributed by atoms with Gasteiger partial charge in [0.05, 0.1) is 11.5 Å². The van der Waals surface area contributed by atoms with Crippen LogP contribution >= 0.6 is 11.6 Å². The number of carbonyl (C=O) groups excluding carboxylic acids is 2. The van der Waals surface area contributed by atoms with E-state index in [9.17, 15) is 19.7 Å². The summed E-state index contributed by atoms with van der Waals surface area (Å²) in [4.78, 5) is 36.8. The van der Waals surface area contributed by atoms with E-state index in [2.05, 4.69) is 5.32 Å². The lowest BCUT2D eigenvalue weighted by Gasteiger charge is -2.22. The minimum atomic E-state index is -1.27. The summed E-state index contributed by atoms with van der Waals surface area (Å²) in [5, 5.41) is 14.2. The van der Waals surface area contributed by atoms with Crippen molar-refractivity contribution in [3.05, 3.63) is 74.8 Å². The number of nitrogens with one attached hydrogen (secondary N) is 1. The van der Waals surface area contributed by atoms with Crippen molar-refractivity contribution >= 4 is 29.2 Å². The standard InChI is InChI=1S/C17H14ClN3O4/c1-17(12-6-4-7-13(18)9-12)15(22)20(16(23)19-17)10-11-5-2-3-8-14(11)21(24)25/h2-9H,10H2,1H3,(H,19,23). The topological polar surface area (TPSA) is 92.6 Å². The fourth-order valence-electron chi connectivity index (χ4n) is 2.83. The van der Waals surface area contributed by atoms with Crippen LogP contribution < -0.4 is 5.32 Å². The van der Waals surface area contributed by atoms with Gasteiger partial charge in [-0.05, 0) is 24.6 Å². The van der Waals surface area contributed by atoms with Crippen LogP contribution in [0.3, 0.4) is 0 Å². The first-order valence-electron chi connectivity index (χ1n) is 7.45. The Kier molecular flexibility index (Phi) is 4.18. The molecule has 0 saturated carbocycles. The first kappa shape index (κ1) is 16.9. The fraction of sp³-hybridized carbons (Fsp3) is 0.176. The van der Waals surface area contributed by atoms with Crippen LogP contribution in [-0.4, -0.2) is 21.8 Å². The number of amides is 3. The van der Waals surface area contributed by atoms with E-state index in [0.29, 0.717) is 10.6 Å². The number of nitro benzene ring substituents is 1. The average Bonchev–Trinajstić information content (AvgIpc) is 2.79. The minimum Gasteiger partial charge on any atom is -0.319 e. The summed E-state index contributed by atoms with van der Waals surface area (Å²) >= 11 is 5.98. The molecule has 25 heavy (non-hydrogen) atoms. The van der Waals surface area contributed by atoms with Crippen LogP contribution in [0.25, 0.3) is 0 Å². The number of para-hydroxylation sites is 1. The van der Waals surface area contributed by atoms with Gasteiger partial charge in [-0.2, -0.15) is 0 Å². The van der Waals surface area contributed by atoms with Crippen LogP contribution in [0.2, 0.25) is 5.02 Å². The maximum absolute atomic E-state index is 12.9. The molecule has 1 aliphatic rings. The summed E-state index contributed by atoms with van der Waals surface area (Å²) < 4.78 is 0. The monoisotopic (exact) mass is 359 g/mol. The highest BCUT2D eigenvalue weighted by Gasteiger charge is 2.49. The number of urea groups is 1. The van der Waals surface area contributed by atoms with E-state index >= 15 is 0 Å². The molecular formula is C17H14ClN3O4. The van der Waals surface area contributed by atoms with E-state index in [1.165, 1.54) is 18.2 Å². The third-order valence-corrected chi connectivity index (χ3v) is 4.43. The largest absolute Gasteiger partial charge is 0.325 e. The molecule has 0 aromatic heterocycles. The smallest absolute Gasteiger partial charge is 0.319 e. The summed E-state index contributed by atoms with van der Waals surface area (Å²) in [6.45, 7) is 1.40. The number of halogens is 1. The molecule has 3 amide bonds. The number of imide groups is 1. The molecular weight excluding hydrogens is 346 g/mol. The van der Waals surface area contributed by atoms with Crippen LogP contribution in [0.4, 0.5) is 10.5 Å². The number of nitrogens with zero attached hydrogens (tertiary/aromatic N) is 2. The molecule has 7 nitrogen and oxygen atoms in total. The molecule has 8 heteroatoms. The predicted octanol–water partition coefficient (Wildman–Crippen LogP) is 3.22. The van der Waals surface area contributed by atoms with E-state index < -0.39 is 22.4 Å². The Morgan fingerprint density at radius 1 is 1.20 bits per heavy atom. The second-order valence-electron chi connectivity index (χ2n) is 5.84. The number of benzene rings is 2. The summed E-state index contributed by atoms with van der Waals surface area (Å²) in [6.07, 6.45) is 0. The molecule has 1 aliphatic heterocycles. The molecule has 1 fully saturated rings. The highest BCUT2D eigenvalue weighted by molar-refractivity contribution is 6.30. The lowest BCUT2D eigenvalue weighted by atomic mass is 9.92. The number of nitro groups is 1. The molecule has 1 unspecified atom stereocenters. The highest BCUT2D eigenvalue weighted by Crippen LogP contribution is 2.32. The van der Waals surface area contributed by atoms with Gasteiger partial charge in [0.25, 0.3) is 11.6 Å². The summed E-state index contributed by atoms with van der Waals surface area (Å²) in [5.74, 6) is -0.488. The third-order valence-electron chi connectivity index (χ3n) is 4.19. The van der Waals surface area contributed by atoms with Crippen LogP contribution in [0.15, 0.2) is 48.5 Å². The Labute approximate surface area is 148 Å². The zero-order valence-electron chi connectivity index (χ0n) is 13.2. The van der Waals surface area contributed by atoms with Gasteiger partial charge < -0.3 is 5.32 Å². The second kappa shape index (κ2) is 6.18. The molecule has 1 saturated heterocycles. The third kappa shape index (κ3) is 2.94. The minimum absolute atomic E-state index is 0.139. The van der Waals surface area contributed by atoms with Crippen molar-refractivity contribution in [3.63, 3.8) is 0 Å². The molecule has 0 aliphatic carbocycles. The highest BCUT2D eigenvalue weighted by atomic mass is 35.5. The predicted molar refractivity (Wildman–Crippen MR) is 91.0 cm³/mol. The Hall–Kier alpha value is -2.93. The van der Waals surface area contributed by atoms with Crippen LogP contribution in [0.1, 0.15) is 18.1 Å². The van der Waals surface area contributed by atoms with Crippen molar-refractivity contribution in [3.8, 4) is 0 Å². The molecule has 1 heterocycles. The van der Waals surface area contributed by atoms with Crippen molar-refractivity contribution in [1.29, 1.82) is 0 Å².